The molecule has 2 aliphatic heterocycles. The highest BCUT2D eigenvalue weighted by Crippen LogP contribution is 2.32. The molecule has 2 N–H and O–H groups in total. The van der Waals surface area contributed by atoms with E-state index in [0.717, 1.165) is 48.4 Å². The van der Waals surface area contributed by atoms with Crippen molar-refractivity contribution < 1.29 is 18.7 Å². The highest BCUT2D eigenvalue weighted by Gasteiger charge is 2.24. The number of piperidine rings is 1. The van der Waals surface area contributed by atoms with Gasteiger partial charge in [-0.3, -0.25) is 9.78 Å². The van der Waals surface area contributed by atoms with E-state index in [1.54, 1.807) is 12.3 Å². The van der Waals surface area contributed by atoms with Crippen molar-refractivity contribution in [2.75, 3.05) is 31.6 Å². The number of nitrogens with zero attached hydrogens (tertiary/aromatic N) is 4. The van der Waals surface area contributed by atoms with E-state index in [9.17, 15) is 4.79 Å². The Kier molecular flexibility index (Phi) is 5.67. The molecule has 0 bridgehead atoms. The quantitative estimate of drug-likeness (QED) is 0.438. The molecule has 6 heterocycles. The molecule has 0 atom stereocenters. The monoisotopic (exact) mass is 474 g/mol. The number of carbonyl (C=O) groups is 1. The minimum atomic E-state index is -0.386. The van der Waals surface area contributed by atoms with Crippen molar-refractivity contribution in [3.8, 4) is 17.2 Å². The molecule has 2 fully saturated rings. The molecule has 180 valence electrons. The van der Waals surface area contributed by atoms with Gasteiger partial charge in [0.1, 0.15) is 12.4 Å². The number of hydrogen-bond donors (Lipinski definition) is 2. The van der Waals surface area contributed by atoms with Crippen LogP contribution < -0.4 is 15.4 Å². The van der Waals surface area contributed by atoms with Crippen LogP contribution in [0.3, 0.4) is 0 Å². The fourth-order valence-electron chi connectivity index (χ4n) is 4.39. The minimum absolute atomic E-state index is 0.0591. The number of amides is 1. The lowest BCUT2D eigenvalue weighted by Crippen LogP contribution is -2.38. The number of aromatic nitrogens is 4. The number of nitrogens with one attached hydrogen (secondary N) is 2. The maximum absolute atomic E-state index is 13.1. The molecule has 2 saturated heterocycles. The number of fused-ring (bicyclic) bond motifs is 1. The molecule has 1 amide bonds. The van der Waals surface area contributed by atoms with E-state index >= 15 is 0 Å². The van der Waals surface area contributed by atoms with Gasteiger partial charge < -0.3 is 24.5 Å². The van der Waals surface area contributed by atoms with Gasteiger partial charge in [0.25, 0.3) is 5.91 Å². The molecule has 0 aliphatic carbocycles. The van der Waals surface area contributed by atoms with Crippen molar-refractivity contribution in [1.82, 2.24) is 24.9 Å². The second kappa shape index (κ2) is 9.12. The van der Waals surface area contributed by atoms with Crippen LogP contribution in [0.4, 0.5) is 5.69 Å². The Balaban J connectivity index is 1.28. The Morgan fingerprint density at radius 2 is 2.09 bits per heavy atom. The van der Waals surface area contributed by atoms with Gasteiger partial charge >= 0.3 is 0 Å². The molecule has 4 aromatic heterocycles. The lowest BCUT2D eigenvalue weighted by atomic mass is 9.95. The minimum Gasteiger partial charge on any atom is -0.482 e. The van der Waals surface area contributed by atoms with Gasteiger partial charge in [-0.1, -0.05) is 0 Å². The van der Waals surface area contributed by atoms with Crippen LogP contribution in [-0.2, 0) is 4.74 Å². The predicted molar refractivity (Wildman–Crippen MR) is 128 cm³/mol. The molecule has 10 nitrogen and oxygen atoms in total. The van der Waals surface area contributed by atoms with Crippen molar-refractivity contribution in [1.29, 1.82) is 0 Å². The summed E-state index contributed by atoms with van der Waals surface area (Å²) in [6, 6.07) is 7.62. The van der Waals surface area contributed by atoms with E-state index in [-0.39, 0.29) is 17.7 Å². The predicted octanol–water partition coefficient (Wildman–Crippen LogP) is 3.19. The summed E-state index contributed by atoms with van der Waals surface area (Å²) in [6.07, 6.45) is 6.91. The third-order valence-corrected chi connectivity index (χ3v) is 6.37. The fourth-order valence-corrected chi connectivity index (χ4v) is 4.39. The summed E-state index contributed by atoms with van der Waals surface area (Å²) < 4.78 is 18.7. The second-order valence-corrected chi connectivity index (χ2v) is 8.97. The average molecular weight is 475 g/mol. The summed E-state index contributed by atoms with van der Waals surface area (Å²) in [6.45, 7) is 4.91. The van der Waals surface area contributed by atoms with Gasteiger partial charge in [0, 0.05) is 23.4 Å². The molecule has 4 aromatic rings. The zero-order chi connectivity index (χ0) is 23.8. The molecule has 0 unspecified atom stereocenters. The van der Waals surface area contributed by atoms with Gasteiger partial charge in [-0.25, -0.2) is 9.50 Å². The molecule has 0 spiro atoms. The molecule has 35 heavy (non-hydrogen) atoms. The van der Waals surface area contributed by atoms with Crippen molar-refractivity contribution in [2.45, 2.75) is 31.8 Å². The van der Waals surface area contributed by atoms with Crippen molar-refractivity contribution in [3.05, 3.63) is 60.0 Å². The van der Waals surface area contributed by atoms with Crippen LogP contribution in [0.1, 0.15) is 40.6 Å². The first-order chi connectivity index (χ1) is 17.1. The smallest absolute Gasteiger partial charge is 0.277 e. The highest BCUT2D eigenvalue weighted by molar-refractivity contribution is 6.04. The topological polar surface area (TPSA) is 116 Å². The zero-order valence-corrected chi connectivity index (χ0v) is 19.4. The number of rotatable bonds is 6. The Labute approximate surface area is 201 Å². The number of carbonyl (C=O) groups excluding carboxylic acids is 1. The Morgan fingerprint density at radius 1 is 1.23 bits per heavy atom. The van der Waals surface area contributed by atoms with E-state index in [2.05, 4.69) is 26.7 Å². The van der Waals surface area contributed by atoms with Crippen LogP contribution in [0.25, 0.3) is 17.0 Å². The lowest BCUT2D eigenvalue weighted by molar-refractivity contribution is -0.0795. The number of pyridine rings is 2. The summed E-state index contributed by atoms with van der Waals surface area (Å²) in [5, 5.41) is 11.1. The van der Waals surface area contributed by atoms with Crippen LogP contribution in [0.15, 0.2) is 47.3 Å². The van der Waals surface area contributed by atoms with Crippen molar-refractivity contribution >= 4 is 17.1 Å². The summed E-state index contributed by atoms with van der Waals surface area (Å²) in [4.78, 5) is 21.6. The maximum atomic E-state index is 13.1. The summed E-state index contributed by atoms with van der Waals surface area (Å²) in [7, 11) is 0. The van der Waals surface area contributed by atoms with Gasteiger partial charge in [-0.2, -0.15) is 5.10 Å². The molecule has 0 aromatic carbocycles. The van der Waals surface area contributed by atoms with Crippen molar-refractivity contribution in [3.63, 3.8) is 0 Å². The van der Waals surface area contributed by atoms with Crippen LogP contribution >= 0.6 is 0 Å². The largest absolute Gasteiger partial charge is 0.482 e. The normalized spacial score (nSPS) is 16.8. The maximum Gasteiger partial charge on any atom is 0.277 e. The fraction of sp³-hybridized carbons (Fsp3) is 0.360. The Hall–Kier alpha value is -3.76. The van der Waals surface area contributed by atoms with Crippen LogP contribution in [0.5, 0.6) is 5.75 Å². The third-order valence-electron chi connectivity index (χ3n) is 6.37. The third kappa shape index (κ3) is 4.50. The van der Waals surface area contributed by atoms with E-state index in [0.29, 0.717) is 36.5 Å². The number of hydrogen-bond acceptors (Lipinski definition) is 8. The second-order valence-electron chi connectivity index (χ2n) is 8.97. The van der Waals surface area contributed by atoms with Gasteiger partial charge in [0.2, 0.25) is 5.89 Å². The molecule has 6 rings (SSSR count). The van der Waals surface area contributed by atoms with Gasteiger partial charge in [-0.15, -0.1) is 0 Å². The van der Waals surface area contributed by atoms with Crippen LogP contribution in [0, 0.1) is 6.92 Å². The van der Waals surface area contributed by atoms with E-state index < -0.39 is 0 Å². The standard InChI is InChI=1S/C25H26N6O4/c1-15-8-17(4-7-27-15)25-29-22(14-34-25)24(32)28-21-10-18-9-20(16-2-5-26-6-3-16)30-31(18)11-23(21)35-19-12-33-13-19/h4,7-11,14,16,19,26H,2-3,5-6,12-13H2,1H3,(H,28,32). The molecule has 10 heteroatoms. The van der Waals surface area contributed by atoms with Crippen LogP contribution in [-0.4, -0.2) is 57.9 Å². The first kappa shape index (κ1) is 21.8. The van der Waals surface area contributed by atoms with Crippen LogP contribution in [0.2, 0.25) is 0 Å². The summed E-state index contributed by atoms with van der Waals surface area (Å²) >= 11 is 0. The SMILES string of the molecule is Cc1cc(-c2nc(C(=O)Nc3cc4cc(C5CCNCC5)nn4cc3OC3COC3)co2)ccn1. The molecule has 0 saturated carbocycles. The molecule has 0 radical (unpaired) electrons. The first-order valence-electron chi connectivity index (χ1n) is 11.8. The highest BCUT2D eigenvalue weighted by atomic mass is 16.6. The Morgan fingerprint density at radius 3 is 2.86 bits per heavy atom. The molecule has 2 aliphatic rings. The number of aryl methyl sites for hydroxylation is 1. The zero-order valence-electron chi connectivity index (χ0n) is 19.4. The van der Waals surface area contributed by atoms with Crippen molar-refractivity contribution in [2.24, 2.45) is 0 Å². The summed E-state index contributed by atoms with van der Waals surface area (Å²) in [5.74, 6) is 0.932. The van der Waals surface area contributed by atoms with Gasteiger partial charge in [-0.05, 0) is 57.1 Å². The van der Waals surface area contributed by atoms with Gasteiger partial charge in [0.05, 0.1) is 36.3 Å². The number of ether oxygens (including phenoxy) is 2. The number of anilines is 1. The van der Waals surface area contributed by atoms with E-state index in [1.165, 1.54) is 6.26 Å². The van der Waals surface area contributed by atoms with E-state index in [4.69, 9.17) is 19.0 Å². The Bertz CT molecular complexity index is 1370. The molecular weight excluding hydrogens is 448 g/mol. The first-order valence-corrected chi connectivity index (χ1v) is 11.8. The summed E-state index contributed by atoms with van der Waals surface area (Å²) in [5.41, 5.74) is 4.27. The van der Waals surface area contributed by atoms with E-state index in [1.807, 2.05) is 29.8 Å². The lowest BCUT2D eigenvalue weighted by Gasteiger charge is -2.27. The van der Waals surface area contributed by atoms with Gasteiger partial charge in [0.15, 0.2) is 11.4 Å². The molecular formula is C25H26N6O4. The average Bonchev–Trinajstić information content (AvgIpc) is 3.49. The number of oxazole rings is 1.